The van der Waals surface area contributed by atoms with E-state index < -0.39 is 0 Å². The van der Waals surface area contributed by atoms with Crippen molar-refractivity contribution in [2.75, 3.05) is 0 Å². The van der Waals surface area contributed by atoms with Crippen LogP contribution in [0.1, 0.15) is 0 Å². The highest BCUT2D eigenvalue weighted by atomic mass is 32.1. The molecule has 12 heavy (non-hydrogen) atoms. The van der Waals surface area contributed by atoms with E-state index in [0.29, 0.717) is 14.3 Å². The minimum absolute atomic E-state index is 0.642. The van der Waals surface area contributed by atoms with Crippen molar-refractivity contribution < 1.29 is 0 Å². The third kappa shape index (κ3) is 1.30. The molecule has 0 atom stereocenters. The van der Waals surface area contributed by atoms with Gasteiger partial charge >= 0.3 is 0 Å². The number of nitrogens with zero attached hydrogens (tertiary/aromatic N) is 3. The van der Waals surface area contributed by atoms with Crippen molar-refractivity contribution in [2.24, 2.45) is 21.1 Å². The van der Waals surface area contributed by atoms with Crippen molar-refractivity contribution in [3.63, 3.8) is 0 Å². The summed E-state index contributed by atoms with van der Waals surface area (Å²) in [6.07, 6.45) is 0. The van der Waals surface area contributed by atoms with Crippen molar-refractivity contribution >= 4 is 36.7 Å². The average Bonchev–Trinajstić information content (AvgIpc) is 2.08. The van der Waals surface area contributed by atoms with Crippen LogP contribution in [-0.4, -0.2) is 13.7 Å². The van der Waals surface area contributed by atoms with Crippen LogP contribution < -0.4 is 0 Å². The van der Waals surface area contributed by atoms with Crippen molar-refractivity contribution in [2.45, 2.75) is 0 Å². The van der Waals surface area contributed by atoms with Crippen LogP contribution in [0.25, 0.3) is 0 Å². The van der Waals surface area contributed by atoms with Crippen LogP contribution in [0.3, 0.4) is 0 Å². The summed E-state index contributed by atoms with van der Waals surface area (Å²) in [6.45, 7) is 0. The van der Waals surface area contributed by atoms with Crippen LogP contribution in [-0.2, 0) is 21.1 Å². The summed E-state index contributed by atoms with van der Waals surface area (Å²) in [5.74, 6) is 0. The molecule has 1 rings (SSSR count). The van der Waals surface area contributed by atoms with E-state index in [1.165, 1.54) is 0 Å². The first-order chi connectivity index (χ1) is 5.46. The molecule has 0 saturated carbocycles. The second-order valence-corrected chi connectivity index (χ2v) is 3.62. The normalized spacial score (nSPS) is 10.2. The first-order valence-electron chi connectivity index (χ1n) is 3.30. The number of hydrogen-bond donors (Lipinski definition) is 0. The summed E-state index contributed by atoms with van der Waals surface area (Å²) in [6, 6.07) is 0. The second kappa shape index (κ2) is 3.20. The van der Waals surface area contributed by atoms with Gasteiger partial charge in [-0.05, 0) is 36.7 Å². The van der Waals surface area contributed by atoms with Crippen molar-refractivity contribution in [1.82, 2.24) is 13.7 Å². The molecule has 1 aromatic rings. The molecule has 1 heterocycles. The summed E-state index contributed by atoms with van der Waals surface area (Å²) in [5.41, 5.74) is 0. The largest absolute Gasteiger partial charge is 0.298 e. The van der Waals surface area contributed by atoms with E-state index in [4.69, 9.17) is 36.7 Å². The van der Waals surface area contributed by atoms with E-state index in [9.17, 15) is 0 Å². The maximum absolute atomic E-state index is 5.11. The summed E-state index contributed by atoms with van der Waals surface area (Å²) < 4.78 is 7.18. The molecule has 0 aliphatic heterocycles. The molecule has 3 nitrogen and oxygen atoms in total. The summed E-state index contributed by atoms with van der Waals surface area (Å²) in [7, 11) is 5.50. The van der Waals surface area contributed by atoms with Crippen molar-refractivity contribution in [3.8, 4) is 0 Å². The molecule has 0 bridgehead atoms. The van der Waals surface area contributed by atoms with Crippen molar-refractivity contribution in [3.05, 3.63) is 14.3 Å². The smallest absolute Gasteiger partial charge is 0.183 e. The Balaban J connectivity index is 4.00. The van der Waals surface area contributed by atoms with Crippen molar-refractivity contribution in [1.29, 1.82) is 0 Å². The molecule has 0 amide bonds. The molecule has 0 unspecified atom stereocenters. The standard InChI is InChI=1S/C6H9N3S3/c1-7-4(10)8(2)6(12)9(3)5(7)11/h1-3H3. The Morgan fingerprint density at radius 1 is 0.667 bits per heavy atom. The van der Waals surface area contributed by atoms with Crippen LogP contribution in [0.2, 0.25) is 0 Å². The molecule has 0 N–H and O–H groups in total. The van der Waals surface area contributed by atoms with Gasteiger partial charge in [0.25, 0.3) is 0 Å². The molecular weight excluding hydrogens is 210 g/mol. The van der Waals surface area contributed by atoms with Gasteiger partial charge in [-0.2, -0.15) is 0 Å². The van der Waals surface area contributed by atoms with Gasteiger partial charge in [-0.1, -0.05) is 0 Å². The van der Waals surface area contributed by atoms with Crippen LogP contribution in [0.4, 0.5) is 0 Å². The van der Waals surface area contributed by atoms with Gasteiger partial charge in [0, 0.05) is 21.1 Å². The Morgan fingerprint density at radius 2 is 0.833 bits per heavy atom. The molecular formula is C6H9N3S3. The summed E-state index contributed by atoms with van der Waals surface area (Å²) >= 11 is 15.3. The summed E-state index contributed by atoms with van der Waals surface area (Å²) in [4.78, 5) is 0. The lowest BCUT2D eigenvalue weighted by molar-refractivity contribution is 0.609. The Morgan fingerprint density at radius 3 is 1.00 bits per heavy atom. The van der Waals surface area contributed by atoms with Crippen LogP contribution in [0, 0.1) is 14.3 Å². The molecule has 6 heteroatoms. The lowest BCUT2D eigenvalue weighted by Crippen LogP contribution is -2.13. The van der Waals surface area contributed by atoms with E-state index >= 15 is 0 Å². The SMILES string of the molecule is Cn1c(=S)n(C)c(=S)n(C)c1=S. The topological polar surface area (TPSA) is 14.8 Å². The molecule has 0 spiro atoms. The Hall–Kier alpha value is -0.330. The molecule has 1 aromatic heterocycles. The number of hydrogen-bond acceptors (Lipinski definition) is 3. The molecule has 0 radical (unpaired) electrons. The predicted octanol–water partition coefficient (Wildman–Crippen LogP) is 1.89. The van der Waals surface area contributed by atoms with Crippen LogP contribution >= 0.6 is 36.7 Å². The van der Waals surface area contributed by atoms with E-state index in [1.54, 1.807) is 13.7 Å². The monoisotopic (exact) mass is 219 g/mol. The zero-order chi connectivity index (χ0) is 9.46. The number of aromatic nitrogens is 3. The maximum Gasteiger partial charge on any atom is 0.183 e. The Labute approximate surface area is 85.9 Å². The van der Waals surface area contributed by atoms with Crippen LogP contribution in [0.15, 0.2) is 0 Å². The molecule has 0 aromatic carbocycles. The predicted molar refractivity (Wildman–Crippen MR) is 55.9 cm³/mol. The third-order valence-corrected chi connectivity index (χ3v) is 3.36. The first kappa shape index (κ1) is 9.76. The van der Waals surface area contributed by atoms with Gasteiger partial charge in [-0.3, -0.25) is 13.7 Å². The molecule has 0 fully saturated rings. The molecule has 0 aliphatic carbocycles. The fraction of sp³-hybridized carbons (Fsp3) is 0.500. The maximum atomic E-state index is 5.11. The molecule has 0 aliphatic rings. The minimum atomic E-state index is 0.642. The van der Waals surface area contributed by atoms with E-state index in [0.717, 1.165) is 0 Å². The van der Waals surface area contributed by atoms with Gasteiger partial charge in [0.15, 0.2) is 14.3 Å². The van der Waals surface area contributed by atoms with Gasteiger partial charge < -0.3 is 0 Å². The van der Waals surface area contributed by atoms with E-state index in [2.05, 4.69) is 0 Å². The highest BCUT2D eigenvalue weighted by molar-refractivity contribution is 7.72. The number of rotatable bonds is 0. The Kier molecular flexibility index (Phi) is 2.60. The van der Waals surface area contributed by atoms with E-state index in [-0.39, 0.29) is 0 Å². The summed E-state index contributed by atoms with van der Waals surface area (Å²) in [5, 5.41) is 0. The van der Waals surface area contributed by atoms with E-state index in [1.807, 2.05) is 21.1 Å². The lowest BCUT2D eigenvalue weighted by atomic mass is 10.8. The highest BCUT2D eigenvalue weighted by Crippen LogP contribution is 1.96. The van der Waals surface area contributed by atoms with Gasteiger partial charge in [-0.25, -0.2) is 0 Å². The second-order valence-electron chi connectivity index (χ2n) is 2.52. The Bertz CT molecular complexity index is 375. The zero-order valence-corrected chi connectivity index (χ0v) is 9.52. The minimum Gasteiger partial charge on any atom is -0.298 e. The quantitative estimate of drug-likeness (QED) is 0.619. The zero-order valence-electron chi connectivity index (χ0n) is 7.07. The van der Waals surface area contributed by atoms with Gasteiger partial charge in [0.1, 0.15) is 0 Å². The average molecular weight is 219 g/mol. The van der Waals surface area contributed by atoms with Gasteiger partial charge in [0.05, 0.1) is 0 Å². The molecule has 66 valence electrons. The third-order valence-electron chi connectivity index (χ3n) is 1.72. The van der Waals surface area contributed by atoms with Crippen LogP contribution in [0.5, 0.6) is 0 Å². The molecule has 0 saturated heterocycles. The van der Waals surface area contributed by atoms with Gasteiger partial charge in [0.2, 0.25) is 0 Å². The lowest BCUT2D eigenvalue weighted by Gasteiger charge is -2.09. The fourth-order valence-electron chi connectivity index (χ4n) is 0.920. The highest BCUT2D eigenvalue weighted by Gasteiger charge is 1.97. The first-order valence-corrected chi connectivity index (χ1v) is 4.52. The van der Waals surface area contributed by atoms with Gasteiger partial charge in [-0.15, -0.1) is 0 Å². The fourth-order valence-corrected chi connectivity index (χ4v) is 1.61.